The molecule has 0 fully saturated rings. The fourth-order valence-corrected chi connectivity index (χ4v) is 4.35. The van der Waals surface area contributed by atoms with E-state index in [-0.39, 0.29) is 6.04 Å². The summed E-state index contributed by atoms with van der Waals surface area (Å²) in [5.74, 6) is 3.21. The average molecular weight is 467 g/mol. The molecule has 3 aromatic heterocycles. The topological polar surface area (TPSA) is 67.6 Å². The van der Waals surface area contributed by atoms with Crippen LogP contribution in [0.15, 0.2) is 60.8 Å². The lowest BCUT2D eigenvalue weighted by atomic mass is 10.0. The molecule has 0 aliphatic heterocycles. The van der Waals surface area contributed by atoms with Crippen molar-refractivity contribution in [2.24, 2.45) is 0 Å². The number of anilines is 2. The molecule has 3 heterocycles. The fraction of sp³-hybridized carbons (Fsp3) is 0.250. The highest BCUT2D eigenvalue weighted by Crippen LogP contribution is 2.33. The molecular weight excluding hydrogens is 436 g/mol. The van der Waals surface area contributed by atoms with Gasteiger partial charge in [0.2, 0.25) is 0 Å². The molecule has 0 aliphatic rings. The van der Waals surface area contributed by atoms with E-state index in [1.54, 1.807) is 7.11 Å². The maximum Gasteiger partial charge on any atom is 0.151 e. The molecule has 5 aromatic rings. The molecule has 1 N–H and O–H groups in total. The van der Waals surface area contributed by atoms with E-state index in [1.807, 2.05) is 48.8 Å². The van der Waals surface area contributed by atoms with E-state index in [1.165, 1.54) is 11.1 Å². The van der Waals surface area contributed by atoms with Crippen LogP contribution in [0.2, 0.25) is 0 Å². The number of pyridine rings is 1. The van der Waals surface area contributed by atoms with Crippen LogP contribution in [0, 0.1) is 13.8 Å². The molecule has 7 nitrogen and oxygen atoms in total. The van der Waals surface area contributed by atoms with Crippen molar-refractivity contribution in [3.63, 3.8) is 0 Å². The number of ether oxygens (including phenoxy) is 1. The first-order valence-corrected chi connectivity index (χ1v) is 11.7. The van der Waals surface area contributed by atoms with E-state index in [0.29, 0.717) is 0 Å². The Morgan fingerprint density at radius 2 is 1.80 bits per heavy atom. The second-order valence-corrected chi connectivity index (χ2v) is 9.16. The zero-order valence-corrected chi connectivity index (χ0v) is 21.0. The van der Waals surface area contributed by atoms with Gasteiger partial charge < -0.3 is 15.0 Å². The molecule has 1 atom stereocenters. The van der Waals surface area contributed by atoms with Crippen molar-refractivity contribution in [3.8, 4) is 16.9 Å². The lowest BCUT2D eigenvalue weighted by Crippen LogP contribution is -2.09. The Bertz CT molecular complexity index is 1540. The Morgan fingerprint density at radius 3 is 2.54 bits per heavy atom. The highest BCUT2D eigenvalue weighted by Gasteiger charge is 2.15. The molecule has 178 valence electrons. The van der Waals surface area contributed by atoms with Crippen LogP contribution in [0.5, 0.6) is 5.75 Å². The molecule has 2 aromatic carbocycles. The molecule has 0 amide bonds. The number of benzene rings is 2. The van der Waals surface area contributed by atoms with Crippen molar-refractivity contribution in [2.45, 2.75) is 26.8 Å². The first-order valence-electron chi connectivity index (χ1n) is 11.7. The van der Waals surface area contributed by atoms with Crippen LogP contribution in [0.25, 0.3) is 27.5 Å². The molecule has 5 rings (SSSR count). The molecule has 0 saturated heterocycles. The number of rotatable bonds is 6. The first kappa shape index (κ1) is 22.7. The fourth-order valence-electron chi connectivity index (χ4n) is 4.35. The van der Waals surface area contributed by atoms with Gasteiger partial charge in [0.05, 0.1) is 12.6 Å². The van der Waals surface area contributed by atoms with Gasteiger partial charge in [-0.05, 0) is 50.1 Å². The van der Waals surface area contributed by atoms with Gasteiger partial charge in [-0.1, -0.05) is 35.9 Å². The lowest BCUT2D eigenvalue weighted by molar-refractivity contribution is 0.417. The van der Waals surface area contributed by atoms with Gasteiger partial charge in [-0.3, -0.25) is 0 Å². The number of aromatic nitrogens is 4. The normalized spacial score (nSPS) is 12.2. The van der Waals surface area contributed by atoms with E-state index in [0.717, 1.165) is 50.8 Å². The molecule has 0 radical (unpaired) electrons. The Kier molecular flexibility index (Phi) is 5.76. The molecule has 0 saturated carbocycles. The number of hydrogen-bond acceptors (Lipinski definition) is 6. The van der Waals surface area contributed by atoms with Crippen LogP contribution >= 0.6 is 0 Å². The van der Waals surface area contributed by atoms with Gasteiger partial charge in [0.25, 0.3) is 0 Å². The molecule has 0 bridgehead atoms. The third kappa shape index (κ3) is 4.37. The van der Waals surface area contributed by atoms with Crippen LogP contribution in [0.3, 0.4) is 0 Å². The van der Waals surface area contributed by atoms with E-state index in [9.17, 15) is 0 Å². The predicted molar refractivity (Wildman–Crippen MR) is 143 cm³/mol. The summed E-state index contributed by atoms with van der Waals surface area (Å²) in [6.45, 7) is 6.19. The van der Waals surface area contributed by atoms with Crippen molar-refractivity contribution < 1.29 is 4.74 Å². The zero-order chi connectivity index (χ0) is 24.7. The summed E-state index contributed by atoms with van der Waals surface area (Å²) < 4.78 is 7.58. The van der Waals surface area contributed by atoms with Crippen molar-refractivity contribution in [2.75, 3.05) is 31.4 Å². The Morgan fingerprint density at radius 1 is 0.971 bits per heavy atom. The van der Waals surface area contributed by atoms with E-state index in [4.69, 9.17) is 14.8 Å². The standard InChI is InChI=1S/C28H30N6O/c1-17-8-7-9-20(12-17)18(2)29-28-23-13-21(10-11-24(23)30-19(3)31-28)22-14-26(35-6)25-15-27(33(4)5)32-34(25)16-22/h7-16,18H,1-6H3,(H,29,30,31). The minimum atomic E-state index is 0.0982. The van der Waals surface area contributed by atoms with E-state index >= 15 is 0 Å². The van der Waals surface area contributed by atoms with Crippen LogP contribution < -0.4 is 15.0 Å². The predicted octanol–water partition coefficient (Wildman–Crippen LogP) is 5.81. The summed E-state index contributed by atoms with van der Waals surface area (Å²) in [7, 11) is 5.65. The second kappa shape index (κ2) is 8.91. The SMILES string of the molecule is COc1cc(-c2ccc3nc(C)nc(NC(C)c4cccc(C)c4)c3c2)cn2nc(N(C)C)cc12. The van der Waals surface area contributed by atoms with Gasteiger partial charge in [-0.25, -0.2) is 14.5 Å². The number of hydrogen-bond donors (Lipinski definition) is 1. The van der Waals surface area contributed by atoms with Gasteiger partial charge in [0.1, 0.15) is 22.9 Å². The van der Waals surface area contributed by atoms with Crippen LogP contribution in [-0.2, 0) is 0 Å². The molecule has 0 aliphatic carbocycles. The third-order valence-electron chi connectivity index (χ3n) is 6.24. The van der Waals surface area contributed by atoms with Gasteiger partial charge in [0.15, 0.2) is 5.82 Å². The van der Waals surface area contributed by atoms with Crippen molar-refractivity contribution in [3.05, 3.63) is 77.7 Å². The average Bonchev–Trinajstić information content (AvgIpc) is 3.28. The minimum absolute atomic E-state index is 0.0982. The maximum absolute atomic E-state index is 5.70. The molecule has 7 heteroatoms. The number of nitrogens with one attached hydrogen (secondary N) is 1. The third-order valence-corrected chi connectivity index (χ3v) is 6.24. The summed E-state index contributed by atoms with van der Waals surface area (Å²) in [6, 6.07) is 19.0. The summed E-state index contributed by atoms with van der Waals surface area (Å²) >= 11 is 0. The van der Waals surface area contributed by atoms with Crippen LogP contribution in [0.1, 0.15) is 29.9 Å². The smallest absolute Gasteiger partial charge is 0.151 e. The minimum Gasteiger partial charge on any atom is -0.494 e. The van der Waals surface area contributed by atoms with E-state index in [2.05, 4.69) is 66.6 Å². The summed E-state index contributed by atoms with van der Waals surface area (Å²) in [5, 5.41) is 9.29. The Balaban J connectivity index is 1.60. The number of nitrogens with zero attached hydrogens (tertiary/aromatic N) is 5. The maximum atomic E-state index is 5.70. The Labute approximate surface area is 205 Å². The van der Waals surface area contributed by atoms with Crippen molar-refractivity contribution >= 4 is 28.1 Å². The monoisotopic (exact) mass is 466 g/mol. The van der Waals surface area contributed by atoms with Gasteiger partial charge in [0, 0.05) is 43.4 Å². The van der Waals surface area contributed by atoms with Crippen molar-refractivity contribution in [1.29, 1.82) is 0 Å². The largest absolute Gasteiger partial charge is 0.494 e. The lowest BCUT2D eigenvalue weighted by Gasteiger charge is -2.18. The number of methoxy groups -OCH3 is 1. The first-order chi connectivity index (χ1) is 16.8. The van der Waals surface area contributed by atoms with Crippen LogP contribution in [-0.4, -0.2) is 40.8 Å². The molecular formula is C28H30N6O. The van der Waals surface area contributed by atoms with Gasteiger partial charge in [-0.15, -0.1) is 0 Å². The van der Waals surface area contributed by atoms with Gasteiger partial charge in [-0.2, -0.15) is 5.10 Å². The number of aryl methyl sites for hydroxylation is 2. The molecule has 0 spiro atoms. The molecule has 1 unspecified atom stereocenters. The quantitative estimate of drug-likeness (QED) is 0.341. The van der Waals surface area contributed by atoms with Gasteiger partial charge >= 0.3 is 0 Å². The summed E-state index contributed by atoms with van der Waals surface area (Å²) in [5.41, 5.74) is 6.33. The second-order valence-electron chi connectivity index (χ2n) is 9.16. The molecule has 35 heavy (non-hydrogen) atoms. The van der Waals surface area contributed by atoms with Crippen LogP contribution in [0.4, 0.5) is 11.6 Å². The zero-order valence-electron chi connectivity index (χ0n) is 21.0. The summed E-state index contributed by atoms with van der Waals surface area (Å²) in [4.78, 5) is 11.4. The van der Waals surface area contributed by atoms with E-state index < -0.39 is 0 Å². The Hall–Kier alpha value is -4.13. The van der Waals surface area contributed by atoms with Crippen molar-refractivity contribution in [1.82, 2.24) is 19.6 Å². The highest BCUT2D eigenvalue weighted by atomic mass is 16.5. The highest BCUT2D eigenvalue weighted by molar-refractivity contribution is 5.93. The number of fused-ring (bicyclic) bond motifs is 2. The summed E-state index contributed by atoms with van der Waals surface area (Å²) in [6.07, 6.45) is 2.03.